The van der Waals surface area contributed by atoms with Crippen LogP contribution in [0.1, 0.15) is 21.5 Å². The fourth-order valence-electron chi connectivity index (χ4n) is 2.79. The Bertz CT molecular complexity index is 972. The Morgan fingerprint density at radius 1 is 1.24 bits per heavy atom. The molecule has 126 valence electrons. The van der Waals surface area contributed by atoms with Crippen molar-refractivity contribution in [1.82, 2.24) is 4.57 Å². The Kier molecular flexibility index (Phi) is 4.61. The lowest BCUT2D eigenvalue weighted by atomic mass is 10.1. The van der Waals surface area contributed by atoms with Gasteiger partial charge in [-0.2, -0.15) is 0 Å². The van der Waals surface area contributed by atoms with Gasteiger partial charge in [0.25, 0.3) is 0 Å². The molecule has 0 N–H and O–H groups in total. The number of carbonyl (C=O) groups excluding carboxylic acids is 1. The number of methoxy groups -OCH3 is 1. The molecular formula is C19H16N2O4. The van der Waals surface area contributed by atoms with Gasteiger partial charge in [0, 0.05) is 35.3 Å². The maximum Gasteiger partial charge on any atom is 0.337 e. The summed E-state index contributed by atoms with van der Waals surface area (Å²) in [5.41, 5.74) is 3.17. The SMILES string of the molecule is COC(=O)c1cccc(Cn2cc(C=C[N+](=O)[O-])c3ccccc32)c1. The number of hydrogen-bond donors (Lipinski definition) is 0. The van der Waals surface area contributed by atoms with Gasteiger partial charge in [0.2, 0.25) is 6.20 Å². The number of ether oxygens (including phenoxy) is 1. The number of hydrogen-bond acceptors (Lipinski definition) is 4. The number of benzene rings is 2. The summed E-state index contributed by atoms with van der Waals surface area (Å²) in [4.78, 5) is 21.8. The Balaban J connectivity index is 1.99. The first-order valence-electron chi connectivity index (χ1n) is 7.65. The lowest BCUT2D eigenvalue weighted by Crippen LogP contribution is -2.03. The molecule has 0 bridgehead atoms. The summed E-state index contributed by atoms with van der Waals surface area (Å²) in [6, 6.07) is 14.9. The standard InChI is InChI=1S/C19H16N2O4/c1-25-19(22)15-6-4-5-14(11-15)12-20-13-16(9-10-21(23)24)17-7-2-3-8-18(17)20/h2-11,13H,12H2,1H3. The van der Waals surface area contributed by atoms with Crippen molar-refractivity contribution >= 4 is 22.9 Å². The molecule has 6 nitrogen and oxygen atoms in total. The highest BCUT2D eigenvalue weighted by Crippen LogP contribution is 2.23. The van der Waals surface area contributed by atoms with Crippen molar-refractivity contribution in [2.75, 3.05) is 7.11 Å². The molecule has 0 saturated carbocycles. The van der Waals surface area contributed by atoms with Gasteiger partial charge in [0.1, 0.15) is 0 Å². The Labute approximate surface area is 144 Å². The summed E-state index contributed by atoms with van der Waals surface area (Å²) in [6.07, 6.45) is 4.29. The van der Waals surface area contributed by atoms with E-state index in [1.807, 2.05) is 41.1 Å². The third-order valence-corrected chi connectivity index (χ3v) is 3.90. The molecule has 0 saturated heterocycles. The van der Waals surface area contributed by atoms with E-state index >= 15 is 0 Å². The van der Waals surface area contributed by atoms with E-state index < -0.39 is 4.92 Å². The minimum atomic E-state index is -0.480. The van der Waals surface area contributed by atoms with Gasteiger partial charge in [-0.15, -0.1) is 0 Å². The minimum Gasteiger partial charge on any atom is -0.465 e. The molecule has 0 aliphatic rings. The van der Waals surface area contributed by atoms with Crippen molar-refractivity contribution in [3.8, 4) is 0 Å². The second-order valence-electron chi connectivity index (χ2n) is 5.52. The molecule has 0 fully saturated rings. The molecule has 6 heteroatoms. The van der Waals surface area contributed by atoms with Gasteiger partial charge in [-0.3, -0.25) is 10.1 Å². The maximum atomic E-state index is 11.7. The fourth-order valence-corrected chi connectivity index (χ4v) is 2.79. The van der Waals surface area contributed by atoms with Crippen LogP contribution in [0, 0.1) is 10.1 Å². The van der Waals surface area contributed by atoms with Gasteiger partial charge >= 0.3 is 5.97 Å². The maximum absolute atomic E-state index is 11.7. The van der Waals surface area contributed by atoms with Crippen LogP contribution in [0.15, 0.2) is 60.9 Å². The van der Waals surface area contributed by atoms with Crippen LogP contribution >= 0.6 is 0 Å². The first-order valence-corrected chi connectivity index (χ1v) is 7.65. The van der Waals surface area contributed by atoms with Crippen molar-refractivity contribution in [2.24, 2.45) is 0 Å². The van der Waals surface area contributed by atoms with Gasteiger partial charge < -0.3 is 9.30 Å². The molecule has 0 aliphatic heterocycles. The predicted molar refractivity (Wildman–Crippen MR) is 94.8 cm³/mol. The average Bonchev–Trinajstić information content (AvgIpc) is 2.97. The number of aromatic nitrogens is 1. The van der Waals surface area contributed by atoms with E-state index in [0.29, 0.717) is 12.1 Å². The highest BCUT2D eigenvalue weighted by molar-refractivity contribution is 5.90. The summed E-state index contributed by atoms with van der Waals surface area (Å²) in [6.45, 7) is 0.539. The molecule has 1 aromatic heterocycles. The van der Waals surface area contributed by atoms with Crippen LogP contribution in [0.2, 0.25) is 0 Å². The van der Waals surface area contributed by atoms with Crippen LogP contribution in [0.5, 0.6) is 0 Å². The molecule has 2 aromatic carbocycles. The third-order valence-electron chi connectivity index (χ3n) is 3.90. The quantitative estimate of drug-likeness (QED) is 0.404. The molecule has 0 amide bonds. The highest BCUT2D eigenvalue weighted by atomic mass is 16.6. The zero-order chi connectivity index (χ0) is 17.8. The lowest BCUT2D eigenvalue weighted by Gasteiger charge is -2.07. The van der Waals surface area contributed by atoms with Crippen LogP contribution in [0.3, 0.4) is 0 Å². The second kappa shape index (κ2) is 7.00. The van der Waals surface area contributed by atoms with Crippen LogP contribution in [-0.4, -0.2) is 22.6 Å². The number of nitrogens with zero attached hydrogens (tertiary/aromatic N) is 2. The van der Waals surface area contributed by atoms with Crippen LogP contribution in [0.25, 0.3) is 17.0 Å². The zero-order valence-electron chi connectivity index (χ0n) is 13.6. The summed E-state index contributed by atoms with van der Waals surface area (Å²) in [5.74, 6) is -0.381. The number of nitro groups is 1. The molecule has 3 aromatic rings. The third kappa shape index (κ3) is 3.58. The molecule has 0 unspecified atom stereocenters. The number of rotatable bonds is 5. The Hall–Kier alpha value is -3.41. The minimum absolute atomic E-state index is 0.381. The van der Waals surface area contributed by atoms with E-state index in [4.69, 9.17) is 4.74 Å². The Morgan fingerprint density at radius 3 is 2.80 bits per heavy atom. The monoisotopic (exact) mass is 336 g/mol. The summed E-state index contributed by atoms with van der Waals surface area (Å²) in [5, 5.41) is 11.5. The topological polar surface area (TPSA) is 74.4 Å². The van der Waals surface area contributed by atoms with Crippen LogP contribution in [-0.2, 0) is 11.3 Å². The van der Waals surface area contributed by atoms with Crippen molar-refractivity contribution in [3.05, 3.63) is 87.7 Å². The molecule has 0 atom stereocenters. The zero-order valence-corrected chi connectivity index (χ0v) is 13.6. The van der Waals surface area contributed by atoms with Gasteiger partial charge in [-0.05, 0) is 23.8 Å². The van der Waals surface area contributed by atoms with Crippen molar-refractivity contribution in [2.45, 2.75) is 6.54 Å². The average molecular weight is 336 g/mol. The first kappa shape index (κ1) is 16.4. The van der Waals surface area contributed by atoms with Crippen LogP contribution in [0.4, 0.5) is 0 Å². The van der Waals surface area contributed by atoms with E-state index in [2.05, 4.69) is 0 Å². The lowest BCUT2D eigenvalue weighted by molar-refractivity contribution is -0.400. The summed E-state index contributed by atoms with van der Waals surface area (Å²) < 4.78 is 6.76. The van der Waals surface area contributed by atoms with E-state index in [1.165, 1.54) is 13.2 Å². The molecule has 3 rings (SSSR count). The first-order chi connectivity index (χ1) is 12.1. The van der Waals surface area contributed by atoms with E-state index in [-0.39, 0.29) is 5.97 Å². The van der Waals surface area contributed by atoms with Crippen LogP contribution < -0.4 is 0 Å². The number of para-hydroxylation sites is 1. The summed E-state index contributed by atoms with van der Waals surface area (Å²) >= 11 is 0. The number of carbonyl (C=O) groups is 1. The molecule has 0 spiro atoms. The smallest absolute Gasteiger partial charge is 0.337 e. The van der Waals surface area contributed by atoms with Crippen molar-refractivity contribution in [1.29, 1.82) is 0 Å². The largest absolute Gasteiger partial charge is 0.465 e. The van der Waals surface area contributed by atoms with Crippen molar-refractivity contribution < 1.29 is 14.5 Å². The van der Waals surface area contributed by atoms with Gasteiger partial charge in [-0.25, -0.2) is 4.79 Å². The molecule has 1 heterocycles. The Morgan fingerprint density at radius 2 is 2.04 bits per heavy atom. The fraction of sp³-hybridized carbons (Fsp3) is 0.105. The van der Waals surface area contributed by atoms with Crippen molar-refractivity contribution in [3.63, 3.8) is 0 Å². The molecule has 25 heavy (non-hydrogen) atoms. The van der Waals surface area contributed by atoms with E-state index in [0.717, 1.165) is 28.2 Å². The number of fused-ring (bicyclic) bond motifs is 1. The van der Waals surface area contributed by atoms with Gasteiger partial charge in [-0.1, -0.05) is 30.3 Å². The predicted octanol–water partition coefficient (Wildman–Crippen LogP) is 3.72. The van der Waals surface area contributed by atoms with E-state index in [1.54, 1.807) is 18.2 Å². The molecule has 0 aliphatic carbocycles. The van der Waals surface area contributed by atoms with E-state index in [9.17, 15) is 14.9 Å². The molecular weight excluding hydrogens is 320 g/mol. The highest BCUT2D eigenvalue weighted by Gasteiger charge is 2.09. The van der Waals surface area contributed by atoms with Gasteiger partial charge in [0.05, 0.1) is 17.6 Å². The summed E-state index contributed by atoms with van der Waals surface area (Å²) in [7, 11) is 1.35. The molecule has 0 radical (unpaired) electrons. The number of esters is 1. The normalized spacial score (nSPS) is 11.1. The second-order valence-corrected chi connectivity index (χ2v) is 5.52. The van der Waals surface area contributed by atoms with Gasteiger partial charge in [0.15, 0.2) is 0 Å².